The van der Waals surface area contributed by atoms with Crippen LogP contribution in [0.2, 0.25) is 0 Å². The summed E-state index contributed by atoms with van der Waals surface area (Å²) in [5.41, 5.74) is 1.27. The van der Waals surface area contributed by atoms with Crippen LogP contribution in [0.3, 0.4) is 0 Å². The number of carbonyl (C=O) groups is 1. The molecule has 34 heavy (non-hydrogen) atoms. The fourth-order valence-electron chi connectivity index (χ4n) is 3.43. The number of fused-ring (bicyclic) bond motifs is 1. The number of aromatic nitrogens is 1. The average molecular weight is 508 g/mol. The van der Waals surface area contributed by atoms with Gasteiger partial charge in [0.2, 0.25) is 0 Å². The number of nitrogens with zero attached hydrogens (tertiary/aromatic N) is 3. The number of thiazole rings is 1. The number of unbranched alkanes of at least 4 members (excludes halogenated alkanes) is 1. The predicted octanol–water partition coefficient (Wildman–Crippen LogP) is 5.51. The van der Waals surface area contributed by atoms with Crippen LogP contribution in [-0.4, -0.2) is 63.8 Å². The van der Waals surface area contributed by atoms with Gasteiger partial charge >= 0.3 is 0 Å². The van der Waals surface area contributed by atoms with Crippen molar-refractivity contribution in [1.29, 1.82) is 0 Å². The third-order valence-electron chi connectivity index (χ3n) is 5.21. The first-order valence-corrected chi connectivity index (χ1v) is 12.0. The number of halogens is 1. The van der Waals surface area contributed by atoms with Crippen LogP contribution >= 0.6 is 23.7 Å². The Kier molecular flexibility index (Phi) is 10.9. The van der Waals surface area contributed by atoms with Crippen molar-refractivity contribution in [2.45, 2.75) is 26.2 Å². The highest BCUT2D eigenvalue weighted by atomic mass is 35.5. The number of ether oxygens (including phenoxy) is 3. The molecule has 9 heteroatoms. The van der Waals surface area contributed by atoms with Gasteiger partial charge in [-0.2, -0.15) is 0 Å². The lowest BCUT2D eigenvalue weighted by Gasteiger charge is -2.21. The maximum absolute atomic E-state index is 13.6. The second-order valence-corrected chi connectivity index (χ2v) is 8.97. The van der Waals surface area contributed by atoms with E-state index < -0.39 is 0 Å². The van der Waals surface area contributed by atoms with Crippen LogP contribution in [0.4, 0.5) is 5.13 Å². The number of rotatable bonds is 12. The molecule has 0 spiro atoms. The average Bonchev–Trinajstić information content (AvgIpc) is 3.26. The lowest BCUT2D eigenvalue weighted by Crippen LogP contribution is -2.33. The van der Waals surface area contributed by atoms with E-state index >= 15 is 0 Å². The predicted molar refractivity (Wildman–Crippen MR) is 142 cm³/mol. The molecule has 1 amide bonds. The van der Waals surface area contributed by atoms with E-state index in [0.717, 1.165) is 30.5 Å². The molecule has 0 N–H and O–H groups in total. The molecular weight excluding hydrogens is 474 g/mol. The Morgan fingerprint density at radius 1 is 1.03 bits per heavy atom. The van der Waals surface area contributed by atoms with Crippen molar-refractivity contribution in [3.63, 3.8) is 0 Å². The van der Waals surface area contributed by atoms with E-state index in [1.54, 1.807) is 19.1 Å². The van der Waals surface area contributed by atoms with Crippen LogP contribution in [-0.2, 0) is 0 Å². The number of benzene rings is 2. The van der Waals surface area contributed by atoms with Crippen molar-refractivity contribution in [2.24, 2.45) is 0 Å². The Balaban J connectivity index is 0.00000408. The van der Waals surface area contributed by atoms with Gasteiger partial charge in [-0.15, -0.1) is 12.4 Å². The van der Waals surface area contributed by atoms with Gasteiger partial charge in [0.05, 0.1) is 20.8 Å². The fraction of sp³-hybridized carbons (Fsp3) is 0.440. The molecule has 0 unspecified atom stereocenters. The van der Waals surface area contributed by atoms with E-state index in [-0.39, 0.29) is 18.3 Å². The molecule has 1 heterocycles. The lowest BCUT2D eigenvalue weighted by atomic mass is 10.2. The summed E-state index contributed by atoms with van der Waals surface area (Å²) < 4.78 is 17.7. The molecule has 0 radical (unpaired) electrons. The zero-order chi connectivity index (χ0) is 23.8. The largest absolute Gasteiger partial charge is 0.495 e. The van der Waals surface area contributed by atoms with Crippen molar-refractivity contribution in [1.82, 2.24) is 9.88 Å². The minimum absolute atomic E-state index is 0. The van der Waals surface area contributed by atoms with Gasteiger partial charge in [-0.25, -0.2) is 4.98 Å². The van der Waals surface area contributed by atoms with Crippen molar-refractivity contribution in [3.05, 3.63) is 42.0 Å². The minimum atomic E-state index is -0.105. The highest BCUT2D eigenvalue weighted by Gasteiger charge is 2.24. The van der Waals surface area contributed by atoms with Gasteiger partial charge in [-0.1, -0.05) is 30.7 Å². The van der Waals surface area contributed by atoms with Crippen LogP contribution in [0.15, 0.2) is 36.4 Å². The van der Waals surface area contributed by atoms with Gasteiger partial charge in [0.25, 0.3) is 5.91 Å². The van der Waals surface area contributed by atoms with Crippen molar-refractivity contribution < 1.29 is 19.0 Å². The summed E-state index contributed by atoms with van der Waals surface area (Å²) in [6, 6.07) is 11.1. The van der Waals surface area contributed by atoms with E-state index in [2.05, 4.69) is 11.8 Å². The summed E-state index contributed by atoms with van der Waals surface area (Å²) in [5, 5.41) is 0.619. The third kappa shape index (κ3) is 6.74. The number of amides is 1. The molecule has 0 saturated carbocycles. The fourth-order valence-corrected chi connectivity index (χ4v) is 4.53. The smallest absolute Gasteiger partial charge is 0.260 e. The summed E-state index contributed by atoms with van der Waals surface area (Å²) in [5.74, 6) is 1.96. The molecule has 0 aliphatic carbocycles. The molecule has 1 aromatic heterocycles. The Bertz CT molecular complexity index is 1030. The van der Waals surface area contributed by atoms with Gasteiger partial charge < -0.3 is 19.1 Å². The molecule has 0 fully saturated rings. The highest BCUT2D eigenvalue weighted by molar-refractivity contribution is 7.22. The first kappa shape index (κ1) is 27.7. The zero-order valence-electron chi connectivity index (χ0n) is 20.5. The molecule has 3 aromatic rings. The Hall–Kier alpha value is -2.55. The summed E-state index contributed by atoms with van der Waals surface area (Å²) in [6.45, 7) is 4.17. The monoisotopic (exact) mass is 507 g/mol. The second-order valence-electron chi connectivity index (χ2n) is 7.99. The molecule has 186 valence electrons. The van der Waals surface area contributed by atoms with E-state index in [9.17, 15) is 4.79 Å². The van der Waals surface area contributed by atoms with E-state index in [1.165, 1.54) is 11.3 Å². The normalized spacial score (nSPS) is 10.8. The molecule has 3 rings (SSSR count). The molecule has 7 nitrogen and oxygen atoms in total. The summed E-state index contributed by atoms with van der Waals surface area (Å²) in [6.07, 6.45) is 2.85. The van der Waals surface area contributed by atoms with E-state index in [1.807, 2.05) is 50.5 Å². The Morgan fingerprint density at radius 3 is 2.44 bits per heavy atom. The quantitative estimate of drug-likeness (QED) is 0.301. The first-order chi connectivity index (χ1) is 16.0. The van der Waals surface area contributed by atoms with Crippen LogP contribution in [0, 0.1) is 0 Å². The number of methoxy groups -OCH3 is 2. The van der Waals surface area contributed by atoms with Crippen LogP contribution in [0.5, 0.6) is 17.2 Å². The zero-order valence-corrected chi connectivity index (χ0v) is 22.1. The van der Waals surface area contributed by atoms with Crippen molar-refractivity contribution in [3.8, 4) is 17.2 Å². The van der Waals surface area contributed by atoms with Crippen molar-refractivity contribution in [2.75, 3.05) is 52.9 Å². The maximum atomic E-state index is 13.6. The first-order valence-electron chi connectivity index (χ1n) is 11.2. The Labute approximate surface area is 212 Å². The van der Waals surface area contributed by atoms with Crippen LogP contribution < -0.4 is 19.1 Å². The number of hydrogen-bond donors (Lipinski definition) is 0. The van der Waals surface area contributed by atoms with E-state index in [4.69, 9.17) is 19.2 Å². The topological polar surface area (TPSA) is 64.1 Å². The molecule has 0 bridgehead atoms. The second kappa shape index (κ2) is 13.4. The summed E-state index contributed by atoms with van der Waals surface area (Å²) in [4.78, 5) is 22.3. The highest BCUT2D eigenvalue weighted by Crippen LogP contribution is 2.40. The SMILES string of the molecule is CCCCOc1cccc(C(=O)N(CCCN(C)C)c2nc3c(OC)ccc(OC)c3s2)c1.Cl. The van der Waals surface area contributed by atoms with Gasteiger partial charge in [-0.05, 0) is 63.8 Å². The lowest BCUT2D eigenvalue weighted by molar-refractivity contribution is 0.0985. The molecule has 2 aromatic carbocycles. The van der Waals surface area contributed by atoms with Gasteiger partial charge in [0, 0.05) is 12.1 Å². The van der Waals surface area contributed by atoms with Gasteiger partial charge in [-0.3, -0.25) is 9.69 Å². The molecule has 0 aliphatic rings. The molecule has 0 saturated heterocycles. The number of anilines is 1. The van der Waals surface area contributed by atoms with Crippen molar-refractivity contribution >= 4 is 45.0 Å². The van der Waals surface area contributed by atoms with Gasteiger partial charge in [0.1, 0.15) is 27.5 Å². The molecule has 0 atom stereocenters. The summed E-state index contributed by atoms with van der Waals surface area (Å²) >= 11 is 1.43. The van der Waals surface area contributed by atoms with Gasteiger partial charge in [0.15, 0.2) is 5.13 Å². The standard InChI is InChI=1S/C25H33N3O4S.ClH/c1-6-7-16-32-19-11-8-10-18(17-19)24(29)28(15-9-14-27(2)3)25-26-22-20(30-4)12-13-21(31-5)23(22)33-25;/h8,10-13,17H,6-7,9,14-16H2,1-5H3;1H. The molecule has 0 aliphatic heterocycles. The maximum Gasteiger partial charge on any atom is 0.260 e. The van der Waals surface area contributed by atoms with Crippen LogP contribution in [0.25, 0.3) is 10.2 Å². The molecular formula is C25H34ClN3O4S. The number of carbonyl (C=O) groups excluding carboxylic acids is 1. The van der Waals surface area contributed by atoms with Crippen LogP contribution in [0.1, 0.15) is 36.5 Å². The van der Waals surface area contributed by atoms with E-state index in [0.29, 0.717) is 46.6 Å². The number of hydrogen-bond acceptors (Lipinski definition) is 7. The Morgan fingerprint density at radius 2 is 1.76 bits per heavy atom. The summed E-state index contributed by atoms with van der Waals surface area (Å²) in [7, 11) is 7.29. The minimum Gasteiger partial charge on any atom is -0.495 e. The third-order valence-corrected chi connectivity index (χ3v) is 6.30.